The first kappa shape index (κ1) is 20.6. The first-order valence-electron chi connectivity index (χ1n) is 9.71. The fourth-order valence-electron chi connectivity index (χ4n) is 3.46. The lowest BCUT2D eigenvalue weighted by molar-refractivity contribution is -0.121. The van der Waals surface area contributed by atoms with Gasteiger partial charge in [-0.1, -0.05) is 41.9 Å². The van der Waals surface area contributed by atoms with Gasteiger partial charge in [-0.25, -0.2) is 0 Å². The van der Waals surface area contributed by atoms with E-state index in [0.717, 1.165) is 39.1 Å². The Morgan fingerprint density at radius 1 is 1.14 bits per heavy atom. The molecule has 0 saturated carbocycles. The van der Waals surface area contributed by atoms with Crippen LogP contribution in [0.2, 0.25) is 5.02 Å². The summed E-state index contributed by atoms with van der Waals surface area (Å²) in [6.07, 6.45) is 1.06. The number of hydrogen-bond acceptors (Lipinski definition) is 4. The van der Waals surface area contributed by atoms with Crippen molar-refractivity contribution in [3.63, 3.8) is 0 Å². The molecule has 1 aliphatic heterocycles. The molecule has 1 saturated heterocycles. The first-order chi connectivity index (χ1) is 13.6. The van der Waals surface area contributed by atoms with Gasteiger partial charge in [0.25, 0.3) is 0 Å². The second kappa shape index (κ2) is 9.92. The molecule has 6 heteroatoms. The third kappa shape index (κ3) is 5.47. The van der Waals surface area contributed by atoms with Crippen molar-refractivity contribution in [3.05, 3.63) is 59.1 Å². The molecule has 28 heavy (non-hydrogen) atoms. The molecule has 0 aromatic heterocycles. The number of anilines is 1. The summed E-state index contributed by atoms with van der Waals surface area (Å²) in [5.41, 5.74) is 2.06. The molecule has 1 fully saturated rings. The largest absolute Gasteiger partial charge is 0.495 e. The van der Waals surface area contributed by atoms with Crippen molar-refractivity contribution in [1.82, 2.24) is 9.80 Å². The third-order valence-corrected chi connectivity index (χ3v) is 5.61. The number of halogens is 1. The molecule has 0 unspecified atom stereocenters. The van der Waals surface area contributed by atoms with Gasteiger partial charge in [-0.2, -0.15) is 0 Å². The maximum Gasteiger partial charge on any atom is 0.241 e. The molecule has 0 aliphatic carbocycles. The lowest BCUT2D eigenvalue weighted by Crippen LogP contribution is -2.53. The van der Waals surface area contributed by atoms with E-state index in [0.29, 0.717) is 16.5 Å². The number of methoxy groups -OCH3 is 1. The number of amides is 1. The zero-order chi connectivity index (χ0) is 19.9. The van der Waals surface area contributed by atoms with Crippen LogP contribution in [0.5, 0.6) is 5.75 Å². The van der Waals surface area contributed by atoms with Crippen LogP contribution in [0.4, 0.5) is 5.69 Å². The Hall–Kier alpha value is -2.08. The van der Waals surface area contributed by atoms with E-state index in [1.165, 1.54) is 5.56 Å². The van der Waals surface area contributed by atoms with Crippen LogP contribution in [-0.2, 0) is 11.2 Å². The minimum atomic E-state index is -0.183. The number of piperazine rings is 1. The number of carbonyl (C=O) groups excluding carboxylic acids is 1. The lowest BCUT2D eigenvalue weighted by atomic mass is 10.1. The number of carbonyl (C=O) groups is 1. The van der Waals surface area contributed by atoms with Gasteiger partial charge in [0.2, 0.25) is 5.91 Å². The molecule has 5 nitrogen and oxygen atoms in total. The number of rotatable bonds is 7. The van der Waals surface area contributed by atoms with Crippen LogP contribution in [0.15, 0.2) is 48.5 Å². The molecule has 1 amide bonds. The smallest absolute Gasteiger partial charge is 0.241 e. The Bertz CT molecular complexity index is 777. The fourth-order valence-corrected chi connectivity index (χ4v) is 3.72. The van der Waals surface area contributed by atoms with Crippen molar-refractivity contribution in [1.29, 1.82) is 0 Å². The van der Waals surface area contributed by atoms with Crippen LogP contribution in [0.1, 0.15) is 12.5 Å². The van der Waals surface area contributed by atoms with Crippen LogP contribution in [0, 0.1) is 0 Å². The van der Waals surface area contributed by atoms with Crippen LogP contribution in [0.25, 0.3) is 0 Å². The van der Waals surface area contributed by atoms with Gasteiger partial charge in [0.1, 0.15) is 5.75 Å². The molecule has 1 N–H and O–H groups in total. The number of hydrogen-bond donors (Lipinski definition) is 1. The summed E-state index contributed by atoms with van der Waals surface area (Å²) in [6, 6.07) is 15.7. The average Bonchev–Trinajstić information content (AvgIpc) is 2.73. The van der Waals surface area contributed by atoms with E-state index in [1.54, 1.807) is 25.3 Å². The highest BCUT2D eigenvalue weighted by Crippen LogP contribution is 2.27. The molecule has 1 aliphatic rings. The van der Waals surface area contributed by atoms with E-state index in [4.69, 9.17) is 16.3 Å². The minimum Gasteiger partial charge on any atom is -0.495 e. The first-order valence-corrected chi connectivity index (χ1v) is 10.1. The molecule has 2 aromatic rings. The molecule has 0 radical (unpaired) electrons. The van der Waals surface area contributed by atoms with Crippen molar-refractivity contribution in [2.45, 2.75) is 19.4 Å². The van der Waals surface area contributed by atoms with Crippen LogP contribution >= 0.6 is 11.6 Å². The summed E-state index contributed by atoms with van der Waals surface area (Å²) in [6.45, 7) is 6.78. The van der Waals surface area contributed by atoms with Crippen molar-refractivity contribution < 1.29 is 9.53 Å². The zero-order valence-electron chi connectivity index (χ0n) is 16.5. The average molecular weight is 402 g/mol. The highest BCUT2D eigenvalue weighted by molar-refractivity contribution is 6.32. The van der Waals surface area contributed by atoms with Crippen LogP contribution in [-0.4, -0.2) is 61.6 Å². The maximum atomic E-state index is 12.6. The molecular weight excluding hydrogens is 374 g/mol. The quantitative estimate of drug-likeness (QED) is 0.770. The molecule has 3 rings (SSSR count). The summed E-state index contributed by atoms with van der Waals surface area (Å²) in [5, 5.41) is 3.44. The summed E-state index contributed by atoms with van der Waals surface area (Å²) < 4.78 is 5.15. The minimum absolute atomic E-state index is 0.0148. The number of nitrogens with zero attached hydrogens (tertiary/aromatic N) is 2. The lowest BCUT2D eigenvalue weighted by Gasteiger charge is -2.37. The number of nitrogens with one attached hydrogen (secondary N) is 1. The van der Waals surface area contributed by atoms with Crippen molar-refractivity contribution >= 4 is 23.2 Å². The molecule has 1 atom stereocenters. The Balaban J connectivity index is 1.45. The van der Waals surface area contributed by atoms with Crippen LogP contribution < -0.4 is 10.1 Å². The molecule has 1 heterocycles. The fraction of sp³-hybridized carbons (Fsp3) is 0.409. The van der Waals surface area contributed by atoms with Crippen molar-refractivity contribution in [2.75, 3.05) is 45.2 Å². The molecule has 150 valence electrons. The third-order valence-electron chi connectivity index (χ3n) is 5.31. The number of benzene rings is 2. The SMILES string of the molecule is COc1ccc(NC(=O)[C@H](C)N2CCN(CCc3ccccc3)CC2)cc1Cl. The predicted molar refractivity (Wildman–Crippen MR) is 114 cm³/mol. The number of ether oxygens (including phenoxy) is 1. The van der Waals surface area contributed by atoms with Gasteiger partial charge in [0.05, 0.1) is 18.2 Å². The monoisotopic (exact) mass is 401 g/mol. The topological polar surface area (TPSA) is 44.8 Å². The summed E-state index contributed by atoms with van der Waals surface area (Å²) in [4.78, 5) is 17.3. The van der Waals surface area contributed by atoms with E-state index >= 15 is 0 Å². The maximum absolute atomic E-state index is 12.6. The summed E-state index contributed by atoms with van der Waals surface area (Å²) in [5.74, 6) is 0.582. The summed E-state index contributed by atoms with van der Waals surface area (Å²) >= 11 is 6.14. The van der Waals surface area contributed by atoms with Gasteiger partial charge in [0, 0.05) is 38.4 Å². The summed E-state index contributed by atoms with van der Waals surface area (Å²) in [7, 11) is 1.57. The molecular formula is C22H28ClN3O2. The second-order valence-corrected chi connectivity index (χ2v) is 7.53. The van der Waals surface area contributed by atoms with Crippen molar-refractivity contribution in [2.24, 2.45) is 0 Å². The second-order valence-electron chi connectivity index (χ2n) is 7.13. The predicted octanol–water partition coefficient (Wildman–Crippen LogP) is 3.54. The highest BCUT2D eigenvalue weighted by Gasteiger charge is 2.25. The van der Waals surface area contributed by atoms with Gasteiger partial charge in [-0.05, 0) is 37.1 Å². The van der Waals surface area contributed by atoms with Crippen molar-refractivity contribution in [3.8, 4) is 5.75 Å². The van der Waals surface area contributed by atoms with Gasteiger partial charge in [-0.15, -0.1) is 0 Å². The normalized spacial score (nSPS) is 16.5. The standard InChI is InChI=1S/C22H28ClN3O2/c1-17(22(27)24-19-8-9-21(28-2)20(23)16-19)26-14-12-25(13-15-26)11-10-18-6-4-3-5-7-18/h3-9,16-17H,10-15H2,1-2H3,(H,24,27)/t17-/m0/s1. The van der Waals surface area contributed by atoms with E-state index in [9.17, 15) is 4.79 Å². The Morgan fingerprint density at radius 3 is 2.50 bits per heavy atom. The zero-order valence-corrected chi connectivity index (χ0v) is 17.3. The highest BCUT2D eigenvalue weighted by atomic mass is 35.5. The molecule has 0 spiro atoms. The Morgan fingerprint density at radius 2 is 1.86 bits per heavy atom. The van der Waals surface area contributed by atoms with E-state index < -0.39 is 0 Å². The van der Waals surface area contributed by atoms with E-state index in [-0.39, 0.29) is 11.9 Å². The Labute approximate surface area is 172 Å². The molecule has 0 bridgehead atoms. The Kier molecular flexibility index (Phi) is 7.31. The van der Waals surface area contributed by atoms with Gasteiger partial charge < -0.3 is 15.0 Å². The van der Waals surface area contributed by atoms with Gasteiger partial charge in [-0.3, -0.25) is 9.69 Å². The van der Waals surface area contributed by atoms with E-state index in [1.807, 2.05) is 6.92 Å². The van der Waals surface area contributed by atoms with Crippen LogP contribution in [0.3, 0.4) is 0 Å². The van der Waals surface area contributed by atoms with Gasteiger partial charge >= 0.3 is 0 Å². The molecule has 2 aromatic carbocycles. The van der Waals surface area contributed by atoms with E-state index in [2.05, 4.69) is 45.4 Å². The van der Waals surface area contributed by atoms with Gasteiger partial charge in [0.15, 0.2) is 0 Å².